The molecule has 0 spiro atoms. The maximum atomic E-state index is 9.23. The first kappa shape index (κ1) is 9.96. The van der Waals surface area contributed by atoms with Crippen molar-refractivity contribution >= 4 is 0 Å². The van der Waals surface area contributed by atoms with Crippen molar-refractivity contribution in [3.63, 3.8) is 0 Å². The summed E-state index contributed by atoms with van der Waals surface area (Å²) in [5, 5.41) is 9.23. The lowest BCUT2D eigenvalue weighted by molar-refractivity contribution is -0.0392. The number of aliphatic hydroxyl groups is 1. The molecule has 0 aromatic heterocycles. The highest BCUT2D eigenvalue weighted by molar-refractivity contribution is 4.75. The largest absolute Gasteiger partial charge is 0.393 e. The molecule has 0 aromatic carbocycles. The third kappa shape index (κ3) is 3.09. The van der Waals surface area contributed by atoms with Crippen molar-refractivity contribution in [3.8, 4) is 0 Å². The minimum Gasteiger partial charge on any atom is -0.393 e. The summed E-state index contributed by atoms with van der Waals surface area (Å²) < 4.78 is 10.6. The third-order valence-corrected chi connectivity index (χ3v) is 2.18. The predicted octanol–water partition coefficient (Wildman–Crippen LogP) is 0.951. The monoisotopic (exact) mass is 174 g/mol. The zero-order valence-electron chi connectivity index (χ0n) is 7.82. The van der Waals surface area contributed by atoms with Gasteiger partial charge in [-0.2, -0.15) is 0 Å². The summed E-state index contributed by atoms with van der Waals surface area (Å²) >= 11 is 0. The van der Waals surface area contributed by atoms with Gasteiger partial charge in [-0.05, 0) is 26.2 Å². The van der Waals surface area contributed by atoms with Crippen molar-refractivity contribution in [1.82, 2.24) is 0 Å². The fourth-order valence-electron chi connectivity index (χ4n) is 1.64. The van der Waals surface area contributed by atoms with E-state index in [1.807, 2.05) is 6.92 Å². The molecule has 0 amide bonds. The van der Waals surface area contributed by atoms with Crippen molar-refractivity contribution in [1.29, 1.82) is 0 Å². The minimum atomic E-state index is -0.148. The van der Waals surface area contributed by atoms with E-state index in [1.54, 1.807) is 7.11 Å². The van der Waals surface area contributed by atoms with Crippen molar-refractivity contribution in [2.45, 2.75) is 44.5 Å². The van der Waals surface area contributed by atoms with E-state index in [0.29, 0.717) is 6.61 Å². The van der Waals surface area contributed by atoms with Gasteiger partial charge in [-0.1, -0.05) is 0 Å². The lowest BCUT2D eigenvalue weighted by atomic mass is 10.3. The Hall–Kier alpha value is -0.120. The van der Waals surface area contributed by atoms with Gasteiger partial charge in [-0.3, -0.25) is 0 Å². The quantitative estimate of drug-likeness (QED) is 0.689. The maximum Gasteiger partial charge on any atom is 0.0784 e. The van der Waals surface area contributed by atoms with Gasteiger partial charge in [0.15, 0.2) is 0 Å². The van der Waals surface area contributed by atoms with Crippen molar-refractivity contribution in [3.05, 3.63) is 0 Å². The molecule has 0 aromatic rings. The standard InChI is InChI=1S/C9H18O3/c1-7(6-11-2)12-9-4-3-8(10)5-9/h7-10H,3-6H2,1-2H3. The molecule has 1 rings (SSSR count). The Kier molecular flexibility index (Phi) is 3.98. The van der Waals surface area contributed by atoms with Gasteiger partial charge in [0, 0.05) is 7.11 Å². The molecular weight excluding hydrogens is 156 g/mol. The third-order valence-electron chi connectivity index (χ3n) is 2.18. The summed E-state index contributed by atoms with van der Waals surface area (Å²) in [4.78, 5) is 0. The Labute approximate surface area is 73.7 Å². The minimum absolute atomic E-state index is 0.144. The molecule has 0 radical (unpaired) electrons. The number of methoxy groups -OCH3 is 1. The Morgan fingerprint density at radius 3 is 2.75 bits per heavy atom. The van der Waals surface area contributed by atoms with E-state index < -0.39 is 0 Å². The number of rotatable bonds is 4. The molecule has 3 heteroatoms. The van der Waals surface area contributed by atoms with Crippen LogP contribution in [0.3, 0.4) is 0 Å². The van der Waals surface area contributed by atoms with Gasteiger partial charge in [0.2, 0.25) is 0 Å². The molecule has 12 heavy (non-hydrogen) atoms. The van der Waals surface area contributed by atoms with E-state index in [2.05, 4.69) is 0 Å². The average molecular weight is 174 g/mol. The van der Waals surface area contributed by atoms with Crippen LogP contribution in [0.2, 0.25) is 0 Å². The molecule has 3 atom stereocenters. The SMILES string of the molecule is COCC(C)OC1CCC(O)C1. The zero-order valence-corrected chi connectivity index (χ0v) is 7.82. The van der Waals surface area contributed by atoms with Gasteiger partial charge in [-0.15, -0.1) is 0 Å². The van der Waals surface area contributed by atoms with Gasteiger partial charge >= 0.3 is 0 Å². The Balaban J connectivity index is 2.14. The summed E-state index contributed by atoms with van der Waals surface area (Å²) in [6, 6.07) is 0. The van der Waals surface area contributed by atoms with Crippen LogP contribution in [0, 0.1) is 0 Å². The lowest BCUT2D eigenvalue weighted by Gasteiger charge is -2.17. The first-order valence-electron chi connectivity index (χ1n) is 4.55. The van der Waals surface area contributed by atoms with Crippen LogP contribution in [0.1, 0.15) is 26.2 Å². The Morgan fingerprint density at radius 2 is 2.25 bits per heavy atom. The van der Waals surface area contributed by atoms with Crippen molar-refractivity contribution in [2.24, 2.45) is 0 Å². The van der Waals surface area contributed by atoms with Gasteiger partial charge in [0.25, 0.3) is 0 Å². The van der Waals surface area contributed by atoms with E-state index >= 15 is 0 Å². The molecular formula is C9H18O3. The topological polar surface area (TPSA) is 38.7 Å². The van der Waals surface area contributed by atoms with Crippen LogP contribution in [-0.2, 0) is 9.47 Å². The molecule has 0 bridgehead atoms. The summed E-state index contributed by atoms with van der Waals surface area (Å²) in [6.07, 6.45) is 2.88. The van der Waals surface area contributed by atoms with Crippen LogP contribution in [0.4, 0.5) is 0 Å². The van der Waals surface area contributed by atoms with E-state index in [0.717, 1.165) is 19.3 Å². The Morgan fingerprint density at radius 1 is 1.50 bits per heavy atom. The lowest BCUT2D eigenvalue weighted by Crippen LogP contribution is -2.21. The maximum absolute atomic E-state index is 9.23. The van der Waals surface area contributed by atoms with Gasteiger partial charge < -0.3 is 14.6 Å². The summed E-state index contributed by atoms with van der Waals surface area (Å²) in [7, 11) is 1.67. The highest BCUT2D eigenvalue weighted by Gasteiger charge is 2.24. The van der Waals surface area contributed by atoms with Crippen molar-refractivity contribution < 1.29 is 14.6 Å². The fraction of sp³-hybridized carbons (Fsp3) is 1.00. The van der Waals surface area contributed by atoms with E-state index in [9.17, 15) is 5.11 Å². The molecule has 72 valence electrons. The van der Waals surface area contributed by atoms with Crippen molar-refractivity contribution in [2.75, 3.05) is 13.7 Å². The van der Waals surface area contributed by atoms with Crippen LogP contribution in [0.15, 0.2) is 0 Å². The van der Waals surface area contributed by atoms with Crippen LogP contribution in [0.25, 0.3) is 0 Å². The highest BCUT2D eigenvalue weighted by atomic mass is 16.5. The van der Waals surface area contributed by atoms with E-state index in [-0.39, 0.29) is 18.3 Å². The molecule has 0 saturated heterocycles. The average Bonchev–Trinajstić information content (AvgIpc) is 2.36. The number of aliphatic hydroxyl groups excluding tert-OH is 1. The van der Waals surface area contributed by atoms with Crippen LogP contribution in [-0.4, -0.2) is 37.1 Å². The molecule has 3 nitrogen and oxygen atoms in total. The zero-order chi connectivity index (χ0) is 8.97. The number of ether oxygens (including phenoxy) is 2. The predicted molar refractivity (Wildman–Crippen MR) is 46.1 cm³/mol. The summed E-state index contributed by atoms with van der Waals surface area (Å²) in [5.74, 6) is 0. The van der Waals surface area contributed by atoms with E-state index in [1.165, 1.54) is 0 Å². The summed E-state index contributed by atoms with van der Waals surface area (Å²) in [6.45, 7) is 2.63. The van der Waals surface area contributed by atoms with Gasteiger partial charge in [0.05, 0.1) is 24.9 Å². The molecule has 1 fully saturated rings. The van der Waals surface area contributed by atoms with Crippen LogP contribution in [0.5, 0.6) is 0 Å². The van der Waals surface area contributed by atoms with Gasteiger partial charge in [-0.25, -0.2) is 0 Å². The molecule has 1 N–H and O–H groups in total. The molecule has 1 aliphatic rings. The van der Waals surface area contributed by atoms with Crippen LogP contribution < -0.4 is 0 Å². The highest BCUT2D eigenvalue weighted by Crippen LogP contribution is 2.22. The second-order valence-electron chi connectivity index (χ2n) is 3.49. The number of hydrogen-bond acceptors (Lipinski definition) is 3. The van der Waals surface area contributed by atoms with E-state index in [4.69, 9.17) is 9.47 Å². The smallest absolute Gasteiger partial charge is 0.0784 e. The normalized spacial score (nSPS) is 32.2. The van der Waals surface area contributed by atoms with Gasteiger partial charge in [0.1, 0.15) is 0 Å². The molecule has 1 aliphatic carbocycles. The second kappa shape index (κ2) is 4.80. The fourth-order valence-corrected chi connectivity index (χ4v) is 1.64. The molecule has 1 saturated carbocycles. The first-order chi connectivity index (χ1) is 5.72. The van der Waals surface area contributed by atoms with Crippen LogP contribution >= 0.6 is 0 Å². The second-order valence-corrected chi connectivity index (χ2v) is 3.49. The molecule has 0 aliphatic heterocycles. The number of hydrogen-bond donors (Lipinski definition) is 1. The molecule has 0 heterocycles. The molecule has 3 unspecified atom stereocenters. The first-order valence-corrected chi connectivity index (χ1v) is 4.55. The Bertz CT molecular complexity index is 127. The summed E-state index contributed by atoms with van der Waals surface area (Å²) in [5.41, 5.74) is 0.